The summed E-state index contributed by atoms with van der Waals surface area (Å²) in [6.45, 7) is 3.95. The van der Waals surface area contributed by atoms with Crippen molar-refractivity contribution in [3.05, 3.63) is 143 Å². The number of nitriles is 2. The number of benzene rings is 4. The number of carbonyl (C=O) groups is 1. The van der Waals surface area contributed by atoms with Gasteiger partial charge in [0.05, 0.1) is 18.1 Å². The van der Waals surface area contributed by atoms with Crippen LogP contribution in [0.1, 0.15) is 56.4 Å². The molecule has 1 aliphatic carbocycles. The minimum Gasteiger partial charge on any atom is -0.384 e. The number of carbonyl (C=O) groups excluding carboxylic acids is 1. The van der Waals surface area contributed by atoms with Crippen molar-refractivity contribution in [2.45, 2.75) is 37.7 Å². The third-order valence-corrected chi connectivity index (χ3v) is 8.30. The molecule has 0 heterocycles. The van der Waals surface area contributed by atoms with E-state index >= 15 is 0 Å². The van der Waals surface area contributed by atoms with Gasteiger partial charge in [0.15, 0.2) is 11.2 Å². The molecule has 0 amide bonds. The van der Waals surface area contributed by atoms with Crippen LogP contribution in [0.25, 0.3) is 0 Å². The predicted octanol–water partition coefficient (Wildman–Crippen LogP) is 7.00. The highest BCUT2D eigenvalue weighted by atomic mass is 16.3. The lowest BCUT2D eigenvalue weighted by atomic mass is 9.48. The van der Waals surface area contributed by atoms with Crippen LogP contribution in [0.15, 0.2) is 109 Å². The van der Waals surface area contributed by atoms with Gasteiger partial charge < -0.3 is 5.11 Å². The molecule has 4 atom stereocenters. The summed E-state index contributed by atoms with van der Waals surface area (Å²) in [6, 6.07) is 38.3. The van der Waals surface area contributed by atoms with Crippen LogP contribution in [0, 0.1) is 47.8 Å². The van der Waals surface area contributed by atoms with Crippen LogP contribution in [0.2, 0.25) is 0 Å². The third-order valence-electron chi connectivity index (χ3n) is 8.30. The molecule has 0 bridgehead atoms. The van der Waals surface area contributed by atoms with E-state index in [-0.39, 0.29) is 12.2 Å². The Bertz CT molecular complexity index is 1530. The Morgan fingerprint density at radius 3 is 1.74 bits per heavy atom. The van der Waals surface area contributed by atoms with Crippen molar-refractivity contribution in [3.63, 3.8) is 0 Å². The lowest BCUT2D eigenvalue weighted by Gasteiger charge is -2.53. The lowest BCUT2D eigenvalue weighted by molar-refractivity contribution is -0.0783. The molecule has 1 N–H and O–H groups in total. The van der Waals surface area contributed by atoms with Gasteiger partial charge in [0.1, 0.15) is 5.60 Å². The highest BCUT2D eigenvalue weighted by Gasteiger charge is 2.64. The Hall–Kier alpha value is -4.51. The van der Waals surface area contributed by atoms with E-state index in [2.05, 4.69) is 12.1 Å². The Morgan fingerprint density at radius 2 is 1.23 bits per heavy atom. The fourth-order valence-corrected chi connectivity index (χ4v) is 6.26. The minimum atomic E-state index is -1.64. The first-order valence-corrected chi connectivity index (χ1v) is 13.2. The average molecular weight is 511 g/mol. The molecule has 1 aliphatic rings. The van der Waals surface area contributed by atoms with Gasteiger partial charge in [-0.15, -0.1) is 0 Å². The van der Waals surface area contributed by atoms with Crippen molar-refractivity contribution in [1.82, 2.24) is 0 Å². The largest absolute Gasteiger partial charge is 0.384 e. The van der Waals surface area contributed by atoms with Crippen LogP contribution in [0.4, 0.5) is 0 Å². The summed E-state index contributed by atoms with van der Waals surface area (Å²) in [5.74, 6) is -2.91. The van der Waals surface area contributed by atoms with Gasteiger partial charge in [0.25, 0.3) is 0 Å². The molecule has 0 spiro atoms. The summed E-state index contributed by atoms with van der Waals surface area (Å²) in [5.41, 5.74) is 1.33. The zero-order valence-corrected chi connectivity index (χ0v) is 22.1. The maximum absolute atomic E-state index is 14.5. The first-order chi connectivity index (χ1) is 18.8. The maximum Gasteiger partial charge on any atom is 0.169 e. The Labute approximate surface area is 229 Å². The number of rotatable bonds is 5. The molecule has 4 aromatic rings. The first-order valence-electron chi connectivity index (χ1n) is 13.2. The molecule has 0 saturated heterocycles. The summed E-state index contributed by atoms with van der Waals surface area (Å²) in [4.78, 5) is 14.5. The van der Waals surface area contributed by atoms with E-state index in [1.807, 2.05) is 98.8 Å². The molecule has 1 fully saturated rings. The second-order valence-corrected chi connectivity index (χ2v) is 10.6. The molecule has 0 unspecified atom stereocenters. The van der Waals surface area contributed by atoms with Crippen LogP contribution < -0.4 is 0 Å². The lowest BCUT2D eigenvalue weighted by Crippen LogP contribution is -2.55. The smallest absolute Gasteiger partial charge is 0.169 e. The van der Waals surface area contributed by atoms with Gasteiger partial charge in [-0.25, -0.2) is 0 Å². The first kappa shape index (κ1) is 26.1. The van der Waals surface area contributed by atoms with Crippen molar-refractivity contribution in [2.75, 3.05) is 0 Å². The monoisotopic (exact) mass is 510 g/mol. The molecular formula is C35H30N2O2. The Balaban J connectivity index is 1.85. The van der Waals surface area contributed by atoms with E-state index in [9.17, 15) is 20.4 Å². The summed E-state index contributed by atoms with van der Waals surface area (Å²) < 4.78 is 0. The molecule has 0 aromatic heterocycles. The van der Waals surface area contributed by atoms with Crippen LogP contribution >= 0.6 is 0 Å². The molecule has 1 saturated carbocycles. The molecule has 4 aromatic carbocycles. The molecular weight excluding hydrogens is 480 g/mol. The van der Waals surface area contributed by atoms with Crippen LogP contribution in [0.5, 0.6) is 0 Å². The molecule has 0 aliphatic heterocycles. The van der Waals surface area contributed by atoms with E-state index in [1.54, 1.807) is 24.3 Å². The van der Waals surface area contributed by atoms with Gasteiger partial charge in [0.2, 0.25) is 0 Å². The maximum atomic E-state index is 14.5. The molecule has 4 nitrogen and oxygen atoms in total. The predicted molar refractivity (Wildman–Crippen MR) is 151 cm³/mol. The Morgan fingerprint density at radius 1 is 0.744 bits per heavy atom. The van der Waals surface area contributed by atoms with E-state index in [1.165, 1.54) is 0 Å². The molecule has 4 heteroatoms. The second kappa shape index (κ2) is 10.3. The van der Waals surface area contributed by atoms with Gasteiger partial charge in [-0.05, 0) is 37.0 Å². The Kier molecular flexibility index (Phi) is 6.92. The van der Waals surface area contributed by atoms with E-state index in [0.717, 1.165) is 16.7 Å². The van der Waals surface area contributed by atoms with Crippen molar-refractivity contribution in [1.29, 1.82) is 10.5 Å². The topological polar surface area (TPSA) is 84.9 Å². The normalized spacial score (nSPS) is 23.8. The zero-order chi connectivity index (χ0) is 27.6. The van der Waals surface area contributed by atoms with Crippen LogP contribution in [-0.2, 0) is 5.60 Å². The SMILES string of the molecule is Cc1ccc([C@H]2C[C@@](O)(c3ccccc3)[C@@H](C(=O)c3ccccc3)[C@@H](c3ccc(C)cc3)C2(C#N)C#N)cc1. The summed E-state index contributed by atoms with van der Waals surface area (Å²) in [5, 5.41) is 34.5. The number of nitrogens with zero attached hydrogens (tertiary/aromatic N) is 2. The van der Waals surface area contributed by atoms with E-state index < -0.39 is 28.8 Å². The molecule has 192 valence electrons. The average Bonchev–Trinajstić information content (AvgIpc) is 2.98. The molecule has 5 rings (SSSR count). The van der Waals surface area contributed by atoms with Crippen LogP contribution in [-0.4, -0.2) is 10.9 Å². The number of aliphatic hydroxyl groups is 1. The quantitative estimate of drug-likeness (QED) is 0.293. The number of ketones is 1. The molecule has 0 radical (unpaired) electrons. The van der Waals surface area contributed by atoms with Crippen molar-refractivity contribution in [3.8, 4) is 12.1 Å². The van der Waals surface area contributed by atoms with Crippen molar-refractivity contribution < 1.29 is 9.90 Å². The van der Waals surface area contributed by atoms with Gasteiger partial charge in [-0.1, -0.05) is 120 Å². The number of Topliss-reactive ketones (excluding diaryl/α,β-unsaturated/α-hetero) is 1. The minimum absolute atomic E-state index is 0.0484. The van der Waals surface area contributed by atoms with E-state index in [4.69, 9.17) is 0 Å². The number of hydrogen-bond acceptors (Lipinski definition) is 4. The fraction of sp³-hybridized carbons (Fsp3) is 0.229. The van der Waals surface area contributed by atoms with E-state index in [0.29, 0.717) is 16.7 Å². The summed E-state index contributed by atoms with van der Waals surface area (Å²) in [6.07, 6.45) is 0.0484. The van der Waals surface area contributed by atoms with Gasteiger partial charge in [0, 0.05) is 17.4 Å². The highest BCUT2D eigenvalue weighted by molar-refractivity contribution is 5.99. The van der Waals surface area contributed by atoms with Crippen molar-refractivity contribution in [2.24, 2.45) is 11.3 Å². The third kappa shape index (κ3) is 4.44. The van der Waals surface area contributed by atoms with Gasteiger partial charge in [-0.3, -0.25) is 4.79 Å². The summed E-state index contributed by atoms with van der Waals surface area (Å²) >= 11 is 0. The standard InChI is InChI=1S/C35H30N2O2/c1-24-13-17-26(18-14-24)30-21-35(39,29-11-7-4-8-12-29)32(33(38)28-9-5-3-6-10-28)31(34(30,22-36)23-37)27-19-15-25(2)16-20-27/h3-20,30-32,39H,21H2,1-2H3/t30-,31-,32-,35-/m1/s1. The fourth-order valence-electron chi connectivity index (χ4n) is 6.26. The highest BCUT2D eigenvalue weighted by Crippen LogP contribution is 2.63. The molecule has 39 heavy (non-hydrogen) atoms. The number of aryl methyl sites for hydroxylation is 2. The zero-order valence-electron chi connectivity index (χ0n) is 22.1. The van der Waals surface area contributed by atoms with Crippen molar-refractivity contribution >= 4 is 5.78 Å². The number of hydrogen-bond donors (Lipinski definition) is 1. The van der Waals surface area contributed by atoms with Crippen LogP contribution in [0.3, 0.4) is 0 Å². The summed E-state index contributed by atoms with van der Waals surface area (Å²) in [7, 11) is 0. The van der Waals surface area contributed by atoms with Gasteiger partial charge in [-0.2, -0.15) is 10.5 Å². The van der Waals surface area contributed by atoms with Gasteiger partial charge >= 0.3 is 0 Å². The second-order valence-electron chi connectivity index (χ2n) is 10.6.